The van der Waals surface area contributed by atoms with E-state index in [1.165, 1.54) is 0 Å². The third-order valence-corrected chi connectivity index (χ3v) is 3.64. The summed E-state index contributed by atoms with van der Waals surface area (Å²) < 4.78 is 0.957. The molecule has 3 nitrogen and oxygen atoms in total. The summed E-state index contributed by atoms with van der Waals surface area (Å²) in [4.78, 5) is 16.0. The number of hydrogen-bond acceptors (Lipinski definition) is 2. The predicted molar refractivity (Wildman–Crippen MR) is 79.3 cm³/mol. The second-order valence-electron chi connectivity index (χ2n) is 3.96. The molecule has 0 spiro atoms. The van der Waals surface area contributed by atoms with Gasteiger partial charge in [-0.1, -0.05) is 12.1 Å². The van der Waals surface area contributed by atoms with E-state index in [-0.39, 0.29) is 5.91 Å². The van der Waals surface area contributed by atoms with Crippen molar-refractivity contribution in [1.82, 2.24) is 10.3 Å². The van der Waals surface area contributed by atoms with Gasteiger partial charge in [-0.3, -0.25) is 9.78 Å². The number of nitrogens with zero attached hydrogens (tertiary/aromatic N) is 1. The van der Waals surface area contributed by atoms with Crippen LogP contribution in [-0.4, -0.2) is 10.9 Å². The molecule has 0 fully saturated rings. The van der Waals surface area contributed by atoms with E-state index in [1.54, 1.807) is 12.4 Å². The quantitative estimate of drug-likeness (QED) is 0.864. The van der Waals surface area contributed by atoms with Gasteiger partial charge in [0, 0.05) is 22.5 Å². The molecule has 2 rings (SSSR count). The Labute approximate surface area is 120 Å². The van der Waals surface area contributed by atoms with Gasteiger partial charge in [0.15, 0.2) is 0 Å². The number of amides is 1. The molecule has 1 aromatic carbocycles. The fourth-order valence-corrected chi connectivity index (χ4v) is 2.25. The zero-order valence-corrected chi connectivity index (χ0v) is 12.1. The lowest BCUT2D eigenvalue weighted by molar-refractivity contribution is 0.0950. The van der Waals surface area contributed by atoms with Gasteiger partial charge in [-0.05, 0) is 58.8 Å². The number of nitrogens with one attached hydrogen (secondary N) is 1. The van der Waals surface area contributed by atoms with Crippen LogP contribution in [0.3, 0.4) is 0 Å². The molecule has 0 bridgehead atoms. The van der Waals surface area contributed by atoms with Crippen LogP contribution in [0.5, 0.6) is 0 Å². The molecule has 0 atom stereocenters. The highest BCUT2D eigenvalue weighted by Crippen LogP contribution is 2.11. The molecule has 92 valence electrons. The first-order chi connectivity index (χ1) is 8.68. The normalized spacial score (nSPS) is 10.1. The fourth-order valence-electron chi connectivity index (χ4n) is 1.62. The molecule has 0 radical (unpaired) electrons. The highest BCUT2D eigenvalue weighted by Gasteiger charge is 2.08. The molecule has 1 amide bonds. The summed E-state index contributed by atoms with van der Waals surface area (Å²) in [6.45, 7) is 2.51. The van der Waals surface area contributed by atoms with Crippen LogP contribution in [0.4, 0.5) is 0 Å². The number of pyridine rings is 1. The monoisotopic (exact) mass is 352 g/mol. The van der Waals surface area contributed by atoms with Crippen molar-refractivity contribution in [2.45, 2.75) is 13.5 Å². The molecule has 0 aliphatic heterocycles. The second-order valence-corrected chi connectivity index (χ2v) is 5.13. The van der Waals surface area contributed by atoms with Gasteiger partial charge in [-0.25, -0.2) is 0 Å². The Kier molecular flexibility index (Phi) is 4.30. The van der Waals surface area contributed by atoms with Gasteiger partial charge in [0.2, 0.25) is 0 Å². The summed E-state index contributed by atoms with van der Waals surface area (Å²) in [5, 5.41) is 2.93. The average Bonchev–Trinajstić information content (AvgIpc) is 2.38. The van der Waals surface area contributed by atoms with Crippen LogP contribution in [0, 0.1) is 10.5 Å². The van der Waals surface area contributed by atoms with Crippen molar-refractivity contribution in [1.29, 1.82) is 0 Å². The summed E-state index contributed by atoms with van der Waals surface area (Å²) in [5.74, 6) is -0.0452. The molecule has 4 heteroatoms. The van der Waals surface area contributed by atoms with Crippen LogP contribution < -0.4 is 5.32 Å². The molecule has 1 aromatic heterocycles. The Bertz CT molecular complexity index is 569. The van der Waals surface area contributed by atoms with Gasteiger partial charge in [0.05, 0.1) is 5.56 Å². The maximum Gasteiger partial charge on any atom is 0.252 e. The number of carbonyl (C=O) groups excluding carboxylic acids is 1. The van der Waals surface area contributed by atoms with Crippen molar-refractivity contribution in [2.75, 3.05) is 0 Å². The van der Waals surface area contributed by atoms with Crippen LogP contribution in [0.25, 0.3) is 0 Å². The van der Waals surface area contributed by atoms with E-state index in [2.05, 4.69) is 32.9 Å². The molecular weight excluding hydrogens is 339 g/mol. The van der Waals surface area contributed by atoms with Crippen molar-refractivity contribution < 1.29 is 4.79 Å². The van der Waals surface area contributed by atoms with Crippen molar-refractivity contribution in [2.24, 2.45) is 0 Å². The largest absolute Gasteiger partial charge is 0.348 e. The molecular formula is C14H13IN2O. The third-order valence-electron chi connectivity index (χ3n) is 2.69. The lowest BCUT2D eigenvalue weighted by atomic mass is 10.1. The summed E-state index contributed by atoms with van der Waals surface area (Å²) in [6.07, 6.45) is 3.54. The molecule has 2 aromatic rings. The van der Waals surface area contributed by atoms with Gasteiger partial charge in [-0.15, -0.1) is 0 Å². The summed E-state index contributed by atoms with van der Waals surface area (Å²) in [5.41, 5.74) is 2.88. The van der Waals surface area contributed by atoms with E-state index in [1.807, 2.05) is 37.3 Å². The average molecular weight is 352 g/mol. The molecule has 0 unspecified atom stereocenters. The minimum atomic E-state index is -0.0452. The van der Waals surface area contributed by atoms with Gasteiger partial charge >= 0.3 is 0 Å². The lowest BCUT2D eigenvalue weighted by Crippen LogP contribution is -2.24. The van der Waals surface area contributed by atoms with Crippen molar-refractivity contribution in [3.05, 3.63) is 63.0 Å². The number of rotatable bonds is 3. The van der Waals surface area contributed by atoms with Crippen molar-refractivity contribution >= 4 is 28.5 Å². The first kappa shape index (κ1) is 13.0. The smallest absolute Gasteiger partial charge is 0.252 e. The van der Waals surface area contributed by atoms with Crippen LogP contribution in [0.1, 0.15) is 21.5 Å². The number of hydrogen-bond donors (Lipinski definition) is 1. The SMILES string of the molecule is Cc1cnccc1CNC(=O)c1ccccc1I. The summed E-state index contributed by atoms with van der Waals surface area (Å²) in [7, 11) is 0. The number of halogens is 1. The van der Waals surface area contributed by atoms with Gasteiger partial charge in [-0.2, -0.15) is 0 Å². The number of carbonyl (C=O) groups is 1. The molecule has 0 aliphatic rings. The number of aryl methyl sites for hydroxylation is 1. The maximum absolute atomic E-state index is 12.0. The molecule has 0 aliphatic carbocycles. The zero-order chi connectivity index (χ0) is 13.0. The number of aromatic nitrogens is 1. The highest BCUT2D eigenvalue weighted by atomic mass is 127. The van der Waals surface area contributed by atoms with E-state index in [0.717, 1.165) is 14.7 Å². The van der Waals surface area contributed by atoms with E-state index >= 15 is 0 Å². The Morgan fingerprint density at radius 2 is 2.11 bits per heavy atom. The number of benzene rings is 1. The molecule has 0 saturated carbocycles. The van der Waals surface area contributed by atoms with Crippen molar-refractivity contribution in [3.63, 3.8) is 0 Å². The third kappa shape index (κ3) is 3.07. The maximum atomic E-state index is 12.0. The van der Waals surface area contributed by atoms with Gasteiger partial charge in [0.25, 0.3) is 5.91 Å². The standard InChI is InChI=1S/C14H13IN2O/c1-10-8-16-7-6-11(10)9-17-14(18)12-4-2-3-5-13(12)15/h2-8H,9H2,1H3,(H,17,18). The topological polar surface area (TPSA) is 42.0 Å². The van der Waals surface area contributed by atoms with E-state index in [9.17, 15) is 4.79 Å². The molecule has 1 N–H and O–H groups in total. The van der Waals surface area contributed by atoms with Gasteiger partial charge in [0.1, 0.15) is 0 Å². The van der Waals surface area contributed by atoms with Crippen LogP contribution in [-0.2, 0) is 6.54 Å². The molecule has 1 heterocycles. The molecule has 0 saturated heterocycles. The van der Waals surface area contributed by atoms with E-state index in [0.29, 0.717) is 12.1 Å². The van der Waals surface area contributed by atoms with Crippen molar-refractivity contribution in [3.8, 4) is 0 Å². The minimum absolute atomic E-state index is 0.0452. The highest BCUT2D eigenvalue weighted by molar-refractivity contribution is 14.1. The first-order valence-corrected chi connectivity index (χ1v) is 6.68. The van der Waals surface area contributed by atoms with Crippen LogP contribution in [0.2, 0.25) is 0 Å². The first-order valence-electron chi connectivity index (χ1n) is 5.60. The lowest BCUT2D eigenvalue weighted by Gasteiger charge is -2.08. The Hall–Kier alpha value is -1.43. The van der Waals surface area contributed by atoms with Crippen LogP contribution >= 0.6 is 22.6 Å². The Morgan fingerprint density at radius 1 is 1.33 bits per heavy atom. The predicted octanol–water partition coefficient (Wildman–Crippen LogP) is 2.92. The summed E-state index contributed by atoms with van der Waals surface area (Å²) >= 11 is 2.17. The summed E-state index contributed by atoms with van der Waals surface area (Å²) in [6, 6.07) is 9.47. The Balaban J connectivity index is 2.06. The van der Waals surface area contributed by atoms with Crippen LogP contribution in [0.15, 0.2) is 42.7 Å². The minimum Gasteiger partial charge on any atom is -0.348 e. The van der Waals surface area contributed by atoms with E-state index < -0.39 is 0 Å². The second kappa shape index (κ2) is 5.95. The van der Waals surface area contributed by atoms with E-state index in [4.69, 9.17) is 0 Å². The zero-order valence-electron chi connectivity index (χ0n) is 9.98. The fraction of sp³-hybridized carbons (Fsp3) is 0.143. The Morgan fingerprint density at radius 3 is 2.83 bits per heavy atom. The molecule has 18 heavy (non-hydrogen) atoms. The van der Waals surface area contributed by atoms with Gasteiger partial charge < -0.3 is 5.32 Å².